The van der Waals surface area contributed by atoms with E-state index in [1.165, 1.54) is 18.9 Å². The van der Waals surface area contributed by atoms with Crippen LogP contribution in [0.5, 0.6) is 0 Å². The van der Waals surface area contributed by atoms with Crippen molar-refractivity contribution < 1.29 is 0 Å². The molecule has 0 nitrogen and oxygen atoms in total. The van der Waals surface area contributed by atoms with Crippen molar-refractivity contribution in [1.82, 2.24) is 0 Å². The van der Waals surface area contributed by atoms with Crippen LogP contribution in [0.1, 0.15) is 12.8 Å². The Morgan fingerprint density at radius 3 is 2.67 bits per heavy atom. The highest BCUT2D eigenvalue weighted by Crippen LogP contribution is 2.45. The van der Waals surface area contributed by atoms with Crippen molar-refractivity contribution in [2.24, 2.45) is 17.8 Å². The van der Waals surface area contributed by atoms with Crippen LogP contribution in [0.25, 0.3) is 0 Å². The molecule has 0 N–H and O–H groups in total. The number of halogens is 2. The largest absolute Gasteiger partial charge is 0.110 e. The second-order valence-corrected chi connectivity index (χ2v) is 8.29. The van der Waals surface area contributed by atoms with Crippen molar-refractivity contribution in [3.63, 3.8) is 0 Å². The van der Waals surface area contributed by atoms with Crippen LogP contribution in [0.4, 0.5) is 0 Å². The molecule has 0 aromatic carbocycles. The monoisotopic (exact) mass is 220 g/mol. The van der Waals surface area contributed by atoms with Crippen molar-refractivity contribution in [2.75, 3.05) is 0 Å². The predicted molar refractivity (Wildman–Crippen MR) is 57.7 cm³/mol. The molecule has 1 saturated carbocycles. The lowest BCUT2D eigenvalue weighted by Crippen LogP contribution is -2.13. The third kappa shape index (κ3) is 1.89. The molecule has 68 valence electrons. The van der Waals surface area contributed by atoms with Gasteiger partial charge in [0.05, 0.1) is 14.0 Å². The van der Waals surface area contributed by atoms with Gasteiger partial charge in [-0.3, -0.25) is 0 Å². The number of hydrogen-bond acceptors (Lipinski definition) is 0. The fourth-order valence-corrected chi connectivity index (χ4v) is 4.67. The summed E-state index contributed by atoms with van der Waals surface area (Å²) in [6, 6.07) is 1.35. The number of fused-ring (bicyclic) bond motifs is 2. The van der Waals surface area contributed by atoms with Crippen LogP contribution in [-0.4, -0.2) is 14.0 Å². The van der Waals surface area contributed by atoms with E-state index in [1.54, 1.807) is 0 Å². The summed E-state index contributed by atoms with van der Waals surface area (Å²) in [7, 11) is -0.207. The average Bonchev–Trinajstić information content (AvgIpc) is 2.60. The fraction of sp³-hybridized carbons (Fsp3) is 0.778. The Hall–Kier alpha value is 0.537. The summed E-state index contributed by atoms with van der Waals surface area (Å²) in [5, 5.41) is 0. The quantitative estimate of drug-likeness (QED) is 0.390. The first kappa shape index (κ1) is 9.11. The molecule has 0 aliphatic heterocycles. The maximum atomic E-state index is 5.77. The SMILES string of the molecule is ClC(Cl)[SiH2]CC1CC2C=CC1C2. The van der Waals surface area contributed by atoms with Crippen LogP contribution < -0.4 is 0 Å². The maximum Gasteiger partial charge on any atom is 0.0908 e. The molecule has 0 saturated heterocycles. The van der Waals surface area contributed by atoms with E-state index in [2.05, 4.69) is 12.2 Å². The van der Waals surface area contributed by atoms with Gasteiger partial charge >= 0.3 is 0 Å². The Labute approximate surface area is 86.1 Å². The smallest absolute Gasteiger partial charge is 0.0908 e. The summed E-state index contributed by atoms with van der Waals surface area (Å²) < 4.78 is -0.0203. The highest BCUT2D eigenvalue weighted by molar-refractivity contribution is 6.68. The van der Waals surface area contributed by atoms with Crippen molar-refractivity contribution in [3.8, 4) is 0 Å². The minimum atomic E-state index is -0.207. The third-order valence-corrected chi connectivity index (χ3v) is 5.99. The number of rotatable bonds is 3. The molecule has 2 aliphatic rings. The highest BCUT2D eigenvalue weighted by Gasteiger charge is 2.35. The van der Waals surface area contributed by atoms with Crippen molar-refractivity contribution in [1.29, 1.82) is 0 Å². The molecule has 0 aromatic rings. The van der Waals surface area contributed by atoms with Crippen LogP contribution in [-0.2, 0) is 0 Å². The maximum absolute atomic E-state index is 5.77. The van der Waals surface area contributed by atoms with Gasteiger partial charge in [0.25, 0.3) is 0 Å². The second kappa shape index (κ2) is 3.73. The van der Waals surface area contributed by atoms with Gasteiger partial charge in [0.2, 0.25) is 0 Å². The lowest BCUT2D eigenvalue weighted by Gasteiger charge is -2.17. The molecule has 2 aliphatic carbocycles. The van der Waals surface area contributed by atoms with E-state index in [9.17, 15) is 0 Å². The van der Waals surface area contributed by atoms with Gasteiger partial charge in [-0.1, -0.05) is 18.2 Å². The Morgan fingerprint density at radius 2 is 2.17 bits per heavy atom. The van der Waals surface area contributed by atoms with Crippen LogP contribution >= 0.6 is 23.2 Å². The summed E-state index contributed by atoms with van der Waals surface area (Å²) in [5.74, 6) is 2.72. The van der Waals surface area contributed by atoms with Gasteiger partial charge in [-0.25, -0.2) is 0 Å². The standard InChI is InChI=1S/C9H14Cl2Si/c10-9(11)12-5-8-4-6-1-2-7(8)3-6/h1-2,6-9H,3-5,12H2. The first-order valence-electron chi connectivity index (χ1n) is 4.72. The van der Waals surface area contributed by atoms with E-state index in [1.807, 2.05) is 0 Å². The van der Waals surface area contributed by atoms with Crippen molar-refractivity contribution >= 4 is 32.7 Å². The summed E-state index contributed by atoms with van der Waals surface area (Å²) in [6.45, 7) is 0. The zero-order valence-corrected chi connectivity index (χ0v) is 9.97. The van der Waals surface area contributed by atoms with Crippen LogP contribution in [0.2, 0.25) is 6.04 Å². The molecule has 2 rings (SSSR count). The molecular formula is C9H14Cl2Si. The van der Waals surface area contributed by atoms with E-state index in [4.69, 9.17) is 23.2 Å². The Bertz CT molecular complexity index is 191. The normalized spacial score (nSPS) is 39.4. The molecule has 0 aromatic heterocycles. The summed E-state index contributed by atoms with van der Waals surface area (Å²) in [5.41, 5.74) is 0. The summed E-state index contributed by atoms with van der Waals surface area (Å²) in [6.07, 6.45) is 7.62. The van der Waals surface area contributed by atoms with Gasteiger partial charge in [-0.15, -0.1) is 23.2 Å². The Balaban J connectivity index is 1.80. The molecule has 3 heteroatoms. The van der Waals surface area contributed by atoms with E-state index < -0.39 is 0 Å². The lowest BCUT2D eigenvalue weighted by atomic mass is 9.96. The number of alkyl halides is 2. The zero-order chi connectivity index (χ0) is 8.55. The molecule has 0 radical (unpaired) electrons. The van der Waals surface area contributed by atoms with Gasteiger partial charge in [-0.05, 0) is 30.6 Å². The second-order valence-electron chi connectivity index (χ2n) is 4.01. The minimum absolute atomic E-state index is 0.0203. The molecule has 3 atom stereocenters. The number of hydrogen-bond donors (Lipinski definition) is 0. The Kier molecular flexibility index (Phi) is 2.83. The summed E-state index contributed by atoms with van der Waals surface area (Å²) >= 11 is 11.5. The van der Waals surface area contributed by atoms with Gasteiger partial charge < -0.3 is 0 Å². The van der Waals surface area contributed by atoms with E-state index in [0.717, 1.165) is 17.8 Å². The average molecular weight is 221 g/mol. The van der Waals surface area contributed by atoms with Gasteiger partial charge in [0.15, 0.2) is 0 Å². The highest BCUT2D eigenvalue weighted by atomic mass is 35.5. The molecule has 0 heterocycles. The molecule has 0 amide bonds. The van der Waals surface area contributed by atoms with E-state index in [-0.39, 0.29) is 14.0 Å². The molecule has 1 fully saturated rings. The fourth-order valence-electron chi connectivity index (χ4n) is 2.57. The third-order valence-electron chi connectivity index (χ3n) is 3.17. The van der Waals surface area contributed by atoms with Crippen molar-refractivity contribution in [3.05, 3.63) is 12.2 Å². The first-order chi connectivity index (χ1) is 5.75. The van der Waals surface area contributed by atoms with Gasteiger partial charge in [0, 0.05) is 0 Å². The van der Waals surface area contributed by atoms with E-state index >= 15 is 0 Å². The zero-order valence-electron chi connectivity index (χ0n) is 7.05. The van der Waals surface area contributed by atoms with E-state index in [0.29, 0.717) is 0 Å². The molecule has 12 heavy (non-hydrogen) atoms. The predicted octanol–water partition coefficient (Wildman–Crippen LogP) is 2.55. The van der Waals surface area contributed by atoms with Crippen molar-refractivity contribution in [2.45, 2.75) is 23.3 Å². The minimum Gasteiger partial charge on any atom is -0.110 e. The van der Waals surface area contributed by atoms with Crippen LogP contribution in [0.15, 0.2) is 12.2 Å². The molecule has 0 spiro atoms. The van der Waals surface area contributed by atoms with Crippen LogP contribution in [0, 0.1) is 17.8 Å². The topological polar surface area (TPSA) is 0 Å². The number of allylic oxidation sites excluding steroid dienone is 2. The first-order valence-corrected chi connectivity index (χ1v) is 7.41. The van der Waals surface area contributed by atoms with Gasteiger partial charge in [0.1, 0.15) is 0 Å². The molecule has 3 unspecified atom stereocenters. The molecule has 2 bridgehead atoms. The Morgan fingerprint density at radius 1 is 1.33 bits per heavy atom. The lowest BCUT2D eigenvalue weighted by molar-refractivity contribution is 0.491. The van der Waals surface area contributed by atoms with Gasteiger partial charge in [-0.2, -0.15) is 0 Å². The summed E-state index contributed by atoms with van der Waals surface area (Å²) in [4.78, 5) is 0. The van der Waals surface area contributed by atoms with Crippen LogP contribution in [0.3, 0.4) is 0 Å². The molecular weight excluding hydrogens is 207 g/mol.